The molecule has 2 atom stereocenters. The average Bonchev–Trinajstić information content (AvgIpc) is 3.36. The zero-order valence-corrected chi connectivity index (χ0v) is 15.0. The number of rotatable bonds is 5. The Labute approximate surface area is 144 Å². The number of esters is 1. The van der Waals surface area contributed by atoms with Crippen molar-refractivity contribution in [2.75, 3.05) is 0 Å². The molecule has 0 N–H and O–H groups in total. The second-order valence-electron chi connectivity index (χ2n) is 7.36. The van der Waals surface area contributed by atoms with Gasteiger partial charge in [-0.25, -0.2) is 0 Å². The number of hydrogen-bond donors (Lipinski definition) is 0. The lowest BCUT2D eigenvalue weighted by Gasteiger charge is -2.19. The summed E-state index contributed by atoms with van der Waals surface area (Å²) in [4.78, 5) is 12.7. The van der Waals surface area contributed by atoms with Crippen molar-refractivity contribution in [3.05, 3.63) is 65.2 Å². The quantitative estimate of drug-likeness (QED) is 0.526. The van der Waals surface area contributed by atoms with Crippen LogP contribution in [0.2, 0.25) is 0 Å². The van der Waals surface area contributed by atoms with Crippen molar-refractivity contribution in [3.63, 3.8) is 0 Å². The van der Waals surface area contributed by atoms with E-state index in [2.05, 4.69) is 58.0 Å². The summed E-state index contributed by atoms with van der Waals surface area (Å²) in [6.45, 7) is 8.56. The van der Waals surface area contributed by atoms with E-state index in [0.29, 0.717) is 17.8 Å². The molecule has 0 saturated heterocycles. The minimum atomic E-state index is -0.0844. The summed E-state index contributed by atoms with van der Waals surface area (Å²) >= 11 is 0. The number of para-hydroxylation sites is 1. The summed E-state index contributed by atoms with van der Waals surface area (Å²) in [5.74, 6) is 1.66. The van der Waals surface area contributed by atoms with Crippen molar-refractivity contribution in [2.24, 2.45) is 5.92 Å². The van der Waals surface area contributed by atoms with Gasteiger partial charge in [-0.2, -0.15) is 0 Å². The van der Waals surface area contributed by atoms with Gasteiger partial charge < -0.3 is 4.74 Å². The van der Waals surface area contributed by atoms with Gasteiger partial charge >= 0.3 is 5.97 Å². The van der Waals surface area contributed by atoms with E-state index in [0.717, 1.165) is 23.3 Å². The Morgan fingerprint density at radius 2 is 1.50 bits per heavy atom. The summed E-state index contributed by atoms with van der Waals surface area (Å²) in [5, 5.41) is 0. The van der Waals surface area contributed by atoms with E-state index in [1.807, 2.05) is 18.2 Å². The first-order valence-electron chi connectivity index (χ1n) is 8.88. The number of hydrogen-bond acceptors (Lipinski definition) is 2. The van der Waals surface area contributed by atoms with Crippen LogP contribution in [0.25, 0.3) is 0 Å². The second kappa shape index (κ2) is 6.80. The number of carbonyl (C=O) groups excluding carboxylic acids is 1. The molecule has 1 aliphatic rings. The van der Waals surface area contributed by atoms with Crippen molar-refractivity contribution >= 4 is 5.97 Å². The van der Waals surface area contributed by atoms with Gasteiger partial charge in [0.25, 0.3) is 0 Å². The first-order chi connectivity index (χ1) is 11.5. The minimum Gasteiger partial charge on any atom is -0.426 e. The molecule has 0 bridgehead atoms. The van der Waals surface area contributed by atoms with Gasteiger partial charge in [-0.05, 0) is 40.9 Å². The number of ether oxygens (including phenoxy) is 1. The van der Waals surface area contributed by atoms with E-state index < -0.39 is 0 Å². The van der Waals surface area contributed by atoms with Crippen LogP contribution in [-0.4, -0.2) is 5.97 Å². The van der Waals surface area contributed by atoms with Crippen LogP contribution in [0.1, 0.15) is 68.6 Å². The fraction of sp³-hybridized carbons (Fsp3) is 0.409. The highest BCUT2D eigenvalue weighted by molar-refractivity contribution is 5.80. The van der Waals surface area contributed by atoms with Crippen LogP contribution in [0.4, 0.5) is 0 Å². The zero-order chi connectivity index (χ0) is 17.3. The van der Waals surface area contributed by atoms with Gasteiger partial charge in [0.15, 0.2) is 0 Å². The first-order valence-corrected chi connectivity index (χ1v) is 8.88. The Hall–Kier alpha value is -2.09. The first kappa shape index (κ1) is 16.8. The molecule has 3 rings (SSSR count). The molecule has 0 unspecified atom stereocenters. The predicted molar refractivity (Wildman–Crippen MR) is 97.5 cm³/mol. The molecule has 2 nitrogen and oxygen atoms in total. The van der Waals surface area contributed by atoms with Crippen LogP contribution in [-0.2, 0) is 4.79 Å². The highest BCUT2D eigenvalue weighted by Gasteiger charge is 2.45. The third-order valence-electron chi connectivity index (χ3n) is 4.84. The van der Waals surface area contributed by atoms with E-state index in [4.69, 9.17) is 4.74 Å². The lowest BCUT2D eigenvalue weighted by atomic mass is 9.94. The lowest BCUT2D eigenvalue weighted by Crippen LogP contribution is -2.14. The Bertz CT molecular complexity index is 690. The molecular formula is C22H26O2. The molecule has 0 spiro atoms. The van der Waals surface area contributed by atoms with Gasteiger partial charge in [-0.15, -0.1) is 0 Å². The van der Waals surface area contributed by atoms with E-state index in [1.54, 1.807) is 0 Å². The van der Waals surface area contributed by atoms with Crippen LogP contribution in [0.5, 0.6) is 5.75 Å². The highest BCUT2D eigenvalue weighted by Crippen LogP contribution is 2.48. The number of benzene rings is 2. The molecule has 0 radical (unpaired) electrons. The Morgan fingerprint density at radius 1 is 0.917 bits per heavy atom. The van der Waals surface area contributed by atoms with Crippen molar-refractivity contribution < 1.29 is 9.53 Å². The lowest BCUT2D eigenvalue weighted by molar-refractivity contribution is -0.136. The molecule has 24 heavy (non-hydrogen) atoms. The number of carbonyl (C=O) groups is 1. The van der Waals surface area contributed by atoms with Crippen LogP contribution < -0.4 is 4.74 Å². The zero-order valence-electron chi connectivity index (χ0n) is 15.0. The van der Waals surface area contributed by atoms with E-state index in [9.17, 15) is 4.79 Å². The smallest absolute Gasteiger partial charge is 0.314 e. The summed E-state index contributed by atoms with van der Waals surface area (Å²) in [5.41, 5.74) is 3.47. The monoisotopic (exact) mass is 322 g/mol. The molecule has 2 aromatic carbocycles. The van der Waals surface area contributed by atoms with Crippen molar-refractivity contribution in [2.45, 2.75) is 51.9 Å². The van der Waals surface area contributed by atoms with Crippen LogP contribution in [0.15, 0.2) is 48.5 Å². The maximum atomic E-state index is 12.7. The molecule has 2 heteroatoms. The summed E-state index contributed by atoms with van der Waals surface area (Å²) in [6, 6.07) is 16.5. The Balaban J connectivity index is 1.80. The maximum Gasteiger partial charge on any atom is 0.314 e. The minimum absolute atomic E-state index is 0.00682. The molecule has 0 amide bonds. The summed E-state index contributed by atoms with van der Waals surface area (Å²) < 4.78 is 5.94. The fourth-order valence-electron chi connectivity index (χ4n) is 3.30. The van der Waals surface area contributed by atoms with Gasteiger partial charge in [0.2, 0.25) is 0 Å². The van der Waals surface area contributed by atoms with Crippen molar-refractivity contribution in [3.8, 4) is 5.75 Å². The van der Waals surface area contributed by atoms with Gasteiger partial charge in [-0.3, -0.25) is 4.79 Å². The molecule has 1 fully saturated rings. The van der Waals surface area contributed by atoms with Crippen LogP contribution in [0.3, 0.4) is 0 Å². The van der Waals surface area contributed by atoms with E-state index in [-0.39, 0.29) is 11.9 Å². The van der Waals surface area contributed by atoms with Crippen molar-refractivity contribution in [1.82, 2.24) is 0 Å². The largest absolute Gasteiger partial charge is 0.426 e. The van der Waals surface area contributed by atoms with Gasteiger partial charge in [0, 0.05) is 0 Å². The summed E-state index contributed by atoms with van der Waals surface area (Å²) in [6.07, 6.45) is 0.893. The summed E-state index contributed by atoms with van der Waals surface area (Å²) in [7, 11) is 0. The topological polar surface area (TPSA) is 26.3 Å². The van der Waals surface area contributed by atoms with E-state index in [1.165, 1.54) is 5.56 Å². The SMILES string of the molecule is CC(C)c1cccc(C(C)C)c1OC(=O)[C@@H]1C[C@H]1c1ccccc1. The van der Waals surface area contributed by atoms with Gasteiger partial charge in [0.05, 0.1) is 5.92 Å². The normalized spacial score (nSPS) is 19.6. The molecule has 0 aliphatic heterocycles. The Kier molecular flexibility index (Phi) is 4.75. The Morgan fingerprint density at radius 3 is 2.04 bits per heavy atom. The van der Waals surface area contributed by atoms with Crippen molar-refractivity contribution in [1.29, 1.82) is 0 Å². The predicted octanol–water partition coefficient (Wildman–Crippen LogP) is 5.64. The third kappa shape index (κ3) is 3.38. The standard InChI is InChI=1S/C22H26O2/c1-14(2)17-11-8-12-18(15(3)4)21(17)24-22(23)20-13-19(20)16-9-6-5-7-10-16/h5-12,14-15,19-20H,13H2,1-4H3/t19-,20+/m0/s1. The molecular weight excluding hydrogens is 296 g/mol. The molecule has 0 heterocycles. The van der Waals surface area contributed by atoms with Gasteiger partial charge in [-0.1, -0.05) is 76.2 Å². The van der Waals surface area contributed by atoms with Gasteiger partial charge in [0.1, 0.15) is 5.75 Å². The van der Waals surface area contributed by atoms with E-state index >= 15 is 0 Å². The molecule has 0 aromatic heterocycles. The highest BCUT2D eigenvalue weighted by atomic mass is 16.5. The molecule has 2 aromatic rings. The fourth-order valence-corrected chi connectivity index (χ4v) is 3.30. The molecule has 1 saturated carbocycles. The van der Waals surface area contributed by atoms with Crippen LogP contribution in [0, 0.1) is 5.92 Å². The molecule has 126 valence electrons. The maximum absolute atomic E-state index is 12.7. The van der Waals surface area contributed by atoms with Crippen LogP contribution >= 0.6 is 0 Å². The second-order valence-corrected chi connectivity index (χ2v) is 7.36. The third-order valence-corrected chi connectivity index (χ3v) is 4.84. The average molecular weight is 322 g/mol. The molecule has 1 aliphatic carbocycles.